The van der Waals surface area contributed by atoms with E-state index >= 15 is 0 Å². The van der Waals surface area contributed by atoms with E-state index in [-0.39, 0.29) is 5.82 Å². The van der Waals surface area contributed by atoms with E-state index in [4.69, 9.17) is 0 Å². The maximum atomic E-state index is 12.7. The fourth-order valence-electron chi connectivity index (χ4n) is 0.999. The summed E-state index contributed by atoms with van der Waals surface area (Å²) in [6.07, 6.45) is 0. The summed E-state index contributed by atoms with van der Waals surface area (Å²) >= 11 is 8.18. The topological polar surface area (TPSA) is 12.9 Å². The van der Waals surface area contributed by atoms with Gasteiger partial charge in [-0.15, -0.1) is 11.3 Å². The van der Waals surface area contributed by atoms with Crippen LogP contribution < -0.4 is 0 Å². The molecule has 0 aliphatic rings. The third-order valence-electron chi connectivity index (χ3n) is 1.64. The number of halogens is 3. The van der Waals surface area contributed by atoms with Gasteiger partial charge < -0.3 is 0 Å². The maximum absolute atomic E-state index is 12.7. The van der Waals surface area contributed by atoms with Crippen molar-refractivity contribution < 1.29 is 4.39 Å². The monoisotopic (exact) mass is 335 g/mol. The van der Waals surface area contributed by atoms with Gasteiger partial charge in [0, 0.05) is 5.56 Å². The van der Waals surface area contributed by atoms with E-state index in [9.17, 15) is 4.39 Å². The number of hydrogen-bond acceptors (Lipinski definition) is 2. The van der Waals surface area contributed by atoms with Gasteiger partial charge in [-0.3, -0.25) is 0 Å². The van der Waals surface area contributed by atoms with Gasteiger partial charge in [-0.25, -0.2) is 9.37 Å². The number of rotatable bonds is 1. The van der Waals surface area contributed by atoms with Crippen molar-refractivity contribution in [3.05, 3.63) is 38.5 Å². The summed E-state index contributed by atoms with van der Waals surface area (Å²) < 4.78 is 14.4. The molecule has 1 aromatic carbocycles. The van der Waals surface area contributed by atoms with Crippen LogP contribution in [0.1, 0.15) is 0 Å². The summed E-state index contributed by atoms with van der Waals surface area (Å²) in [5.74, 6) is -0.233. The lowest BCUT2D eigenvalue weighted by Crippen LogP contribution is -1.76. The van der Waals surface area contributed by atoms with Crippen LogP contribution in [0.5, 0.6) is 0 Å². The lowest BCUT2D eigenvalue weighted by molar-refractivity contribution is 0.628. The Morgan fingerprint density at radius 1 is 1.14 bits per heavy atom. The molecule has 2 rings (SSSR count). The van der Waals surface area contributed by atoms with E-state index < -0.39 is 0 Å². The molecule has 0 aliphatic heterocycles. The minimum absolute atomic E-state index is 0.233. The summed E-state index contributed by atoms with van der Waals surface area (Å²) in [6, 6.07) is 6.29. The normalized spacial score (nSPS) is 10.5. The second-order valence-corrected chi connectivity index (χ2v) is 5.66. The third kappa shape index (κ3) is 2.04. The van der Waals surface area contributed by atoms with Crippen LogP contribution in [-0.2, 0) is 0 Å². The van der Waals surface area contributed by atoms with Gasteiger partial charge >= 0.3 is 0 Å². The highest BCUT2D eigenvalue weighted by Gasteiger charge is 2.07. The molecule has 0 saturated carbocycles. The van der Waals surface area contributed by atoms with Crippen molar-refractivity contribution in [3.8, 4) is 10.6 Å². The Balaban J connectivity index is 2.44. The minimum atomic E-state index is -0.233. The van der Waals surface area contributed by atoms with Crippen LogP contribution in [0.4, 0.5) is 4.39 Å². The van der Waals surface area contributed by atoms with Crippen molar-refractivity contribution in [1.82, 2.24) is 4.98 Å². The molecule has 0 saturated heterocycles. The first-order valence-electron chi connectivity index (χ1n) is 3.74. The summed E-state index contributed by atoms with van der Waals surface area (Å²) in [4.78, 5) is 4.28. The molecule has 0 unspecified atom stereocenters. The SMILES string of the molecule is Fc1ccc(-c2nc(Br)c(Br)s2)cc1. The number of benzene rings is 1. The van der Waals surface area contributed by atoms with Gasteiger partial charge in [0.05, 0.1) is 0 Å². The van der Waals surface area contributed by atoms with E-state index in [1.807, 2.05) is 0 Å². The first kappa shape index (κ1) is 10.3. The van der Waals surface area contributed by atoms with Gasteiger partial charge in [0.15, 0.2) is 0 Å². The molecule has 2 aromatic rings. The number of thiazole rings is 1. The first-order valence-corrected chi connectivity index (χ1v) is 6.15. The van der Waals surface area contributed by atoms with E-state index in [0.717, 1.165) is 19.0 Å². The summed E-state index contributed by atoms with van der Waals surface area (Å²) in [5, 5.41) is 0.865. The Morgan fingerprint density at radius 3 is 2.29 bits per heavy atom. The molecule has 0 radical (unpaired) electrons. The van der Waals surface area contributed by atoms with Crippen LogP contribution in [0.3, 0.4) is 0 Å². The highest BCUT2D eigenvalue weighted by molar-refractivity contribution is 9.13. The van der Waals surface area contributed by atoms with Crippen LogP contribution >= 0.6 is 43.2 Å². The van der Waals surface area contributed by atoms with E-state index in [1.165, 1.54) is 23.5 Å². The van der Waals surface area contributed by atoms with Crippen molar-refractivity contribution >= 4 is 43.2 Å². The van der Waals surface area contributed by atoms with Crippen LogP contribution in [0, 0.1) is 5.82 Å². The maximum Gasteiger partial charge on any atom is 0.132 e. The largest absolute Gasteiger partial charge is 0.228 e. The van der Waals surface area contributed by atoms with Gasteiger partial charge in [0.2, 0.25) is 0 Å². The zero-order valence-electron chi connectivity index (χ0n) is 6.80. The third-order valence-corrected chi connectivity index (χ3v) is 4.76. The van der Waals surface area contributed by atoms with Crippen LogP contribution in [0.2, 0.25) is 0 Å². The van der Waals surface area contributed by atoms with Gasteiger partial charge in [-0.05, 0) is 56.1 Å². The van der Waals surface area contributed by atoms with Gasteiger partial charge in [-0.2, -0.15) is 0 Å². The lowest BCUT2D eigenvalue weighted by atomic mass is 10.2. The molecule has 14 heavy (non-hydrogen) atoms. The standard InChI is InChI=1S/C9H4Br2FNS/c10-7-8(11)14-9(13-7)5-1-3-6(12)4-2-5/h1-4H. The molecule has 0 amide bonds. The molecule has 1 heterocycles. The van der Waals surface area contributed by atoms with Gasteiger partial charge in [0.1, 0.15) is 19.2 Å². The number of aromatic nitrogens is 1. The Morgan fingerprint density at radius 2 is 1.79 bits per heavy atom. The van der Waals surface area contributed by atoms with Crippen molar-refractivity contribution in [2.45, 2.75) is 0 Å². The second kappa shape index (κ2) is 4.08. The molecule has 0 N–H and O–H groups in total. The molecule has 0 fully saturated rings. The molecule has 1 nitrogen and oxygen atoms in total. The highest BCUT2D eigenvalue weighted by Crippen LogP contribution is 2.34. The smallest absolute Gasteiger partial charge is 0.132 e. The van der Waals surface area contributed by atoms with E-state index in [1.54, 1.807) is 12.1 Å². The molecule has 1 aromatic heterocycles. The molecule has 5 heteroatoms. The van der Waals surface area contributed by atoms with Gasteiger partial charge in [-0.1, -0.05) is 0 Å². The highest BCUT2D eigenvalue weighted by atomic mass is 79.9. The summed E-state index contributed by atoms with van der Waals surface area (Å²) in [6.45, 7) is 0. The molecular weight excluding hydrogens is 333 g/mol. The Labute approximate surface area is 101 Å². The predicted octanol–water partition coefficient (Wildman–Crippen LogP) is 4.47. The van der Waals surface area contributed by atoms with Crippen LogP contribution in [0.15, 0.2) is 32.7 Å². The molecule has 72 valence electrons. The Bertz CT molecular complexity index is 433. The van der Waals surface area contributed by atoms with Crippen LogP contribution in [0.25, 0.3) is 10.6 Å². The molecule has 0 spiro atoms. The fraction of sp³-hybridized carbons (Fsp3) is 0. The minimum Gasteiger partial charge on any atom is -0.228 e. The Hall–Kier alpha value is -0.260. The van der Waals surface area contributed by atoms with E-state index in [0.29, 0.717) is 0 Å². The summed E-state index contributed by atoms with van der Waals surface area (Å²) in [5.41, 5.74) is 0.919. The predicted molar refractivity (Wildman–Crippen MR) is 62.9 cm³/mol. The zero-order chi connectivity index (χ0) is 10.1. The summed E-state index contributed by atoms with van der Waals surface area (Å²) in [7, 11) is 0. The Kier molecular flexibility index (Phi) is 2.99. The second-order valence-electron chi connectivity index (χ2n) is 2.59. The van der Waals surface area contributed by atoms with Crippen molar-refractivity contribution in [3.63, 3.8) is 0 Å². The molecule has 0 bridgehead atoms. The first-order chi connectivity index (χ1) is 6.66. The van der Waals surface area contributed by atoms with Crippen LogP contribution in [-0.4, -0.2) is 4.98 Å². The average Bonchev–Trinajstić information content (AvgIpc) is 2.48. The molecule has 0 atom stereocenters. The average molecular weight is 337 g/mol. The van der Waals surface area contributed by atoms with Crippen molar-refractivity contribution in [2.75, 3.05) is 0 Å². The molecule has 0 aliphatic carbocycles. The molecular formula is C9H4Br2FNS. The fourth-order valence-corrected chi connectivity index (χ4v) is 2.78. The van der Waals surface area contributed by atoms with E-state index in [2.05, 4.69) is 36.8 Å². The number of hydrogen-bond donors (Lipinski definition) is 0. The van der Waals surface area contributed by atoms with Crippen molar-refractivity contribution in [2.24, 2.45) is 0 Å². The lowest BCUT2D eigenvalue weighted by Gasteiger charge is -1.94. The number of nitrogens with zero attached hydrogens (tertiary/aromatic N) is 1. The zero-order valence-corrected chi connectivity index (χ0v) is 10.8. The van der Waals surface area contributed by atoms with Crippen molar-refractivity contribution in [1.29, 1.82) is 0 Å². The quantitative estimate of drug-likeness (QED) is 0.748. The van der Waals surface area contributed by atoms with Gasteiger partial charge in [0.25, 0.3) is 0 Å².